The van der Waals surface area contributed by atoms with E-state index in [2.05, 4.69) is 16.7 Å². The van der Waals surface area contributed by atoms with Crippen LogP contribution in [-0.2, 0) is 0 Å². The predicted octanol–water partition coefficient (Wildman–Crippen LogP) is 2.45. The Bertz CT molecular complexity index is 388. The van der Waals surface area contributed by atoms with Crippen LogP contribution in [0.15, 0.2) is 30.3 Å². The summed E-state index contributed by atoms with van der Waals surface area (Å²) in [7, 11) is 0. The smallest absolute Gasteiger partial charge is 0.320 e. The van der Waals surface area contributed by atoms with Crippen LogP contribution in [0.1, 0.15) is 6.42 Å². The molecule has 0 bridgehead atoms. The van der Waals surface area contributed by atoms with Gasteiger partial charge < -0.3 is 10.6 Å². The van der Waals surface area contributed by atoms with E-state index in [-0.39, 0.29) is 6.03 Å². The number of urea groups is 1. The highest BCUT2D eigenvalue weighted by molar-refractivity contribution is 7.98. The maximum absolute atomic E-state index is 11.6. The minimum absolute atomic E-state index is 0.344. The van der Waals surface area contributed by atoms with E-state index in [1.165, 1.54) is 0 Å². The largest absolute Gasteiger partial charge is 0.322 e. The lowest BCUT2D eigenvalue weighted by Crippen LogP contribution is -2.37. The molecule has 1 unspecified atom stereocenters. The van der Waals surface area contributed by atoms with Crippen LogP contribution in [0.3, 0.4) is 0 Å². The molecule has 90 valence electrons. The summed E-state index contributed by atoms with van der Waals surface area (Å²) in [4.78, 5) is 11.6. The number of hydrogen-bond acceptors (Lipinski definition) is 3. The van der Waals surface area contributed by atoms with Crippen LogP contribution in [0.5, 0.6) is 0 Å². The van der Waals surface area contributed by atoms with E-state index >= 15 is 0 Å². The van der Waals surface area contributed by atoms with Crippen LogP contribution in [0, 0.1) is 11.3 Å². The van der Waals surface area contributed by atoms with Gasteiger partial charge in [-0.15, -0.1) is 0 Å². The molecule has 0 aliphatic rings. The molecule has 1 aromatic rings. The quantitative estimate of drug-likeness (QED) is 0.842. The van der Waals surface area contributed by atoms with E-state index in [4.69, 9.17) is 5.26 Å². The number of benzene rings is 1. The number of rotatable bonds is 5. The highest BCUT2D eigenvalue weighted by Gasteiger charge is 2.10. The molecule has 0 radical (unpaired) electrons. The molecule has 0 aliphatic carbocycles. The van der Waals surface area contributed by atoms with E-state index in [0.29, 0.717) is 12.1 Å². The van der Waals surface area contributed by atoms with Crippen molar-refractivity contribution in [2.75, 3.05) is 17.3 Å². The average molecular weight is 249 g/mol. The van der Waals surface area contributed by atoms with Gasteiger partial charge in [0.1, 0.15) is 6.04 Å². The number of para-hydroxylation sites is 1. The number of nitrogens with zero attached hydrogens (tertiary/aromatic N) is 1. The summed E-state index contributed by atoms with van der Waals surface area (Å²) in [5.74, 6) is 0.851. The van der Waals surface area contributed by atoms with Gasteiger partial charge in [0.15, 0.2) is 0 Å². The Morgan fingerprint density at radius 2 is 2.18 bits per heavy atom. The first kappa shape index (κ1) is 13.4. The van der Waals surface area contributed by atoms with Gasteiger partial charge >= 0.3 is 6.03 Å². The zero-order valence-corrected chi connectivity index (χ0v) is 10.5. The summed E-state index contributed by atoms with van der Waals surface area (Å²) in [5, 5.41) is 14.2. The molecule has 1 rings (SSSR count). The van der Waals surface area contributed by atoms with Crippen LogP contribution in [0.25, 0.3) is 0 Å². The molecule has 2 amide bonds. The van der Waals surface area contributed by atoms with Crippen LogP contribution in [0.2, 0.25) is 0 Å². The molecule has 0 heterocycles. The molecule has 1 aromatic carbocycles. The molecule has 17 heavy (non-hydrogen) atoms. The SMILES string of the molecule is CSCCC(C#N)NC(=O)Nc1ccccc1. The van der Waals surface area contributed by atoms with Crippen LogP contribution in [-0.4, -0.2) is 24.1 Å². The fourth-order valence-corrected chi connectivity index (χ4v) is 1.72. The van der Waals surface area contributed by atoms with Gasteiger partial charge in [-0.3, -0.25) is 0 Å². The van der Waals surface area contributed by atoms with E-state index in [9.17, 15) is 4.79 Å². The molecule has 0 saturated heterocycles. The Hall–Kier alpha value is -1.67. The molecule has 0 fully saturated rings. The Morgan fingerprint density at radius 1 is 1.47 bits per heavy atom. The third kappa shape index (κ3) is 5.27. The number of nitriles is 1. The molecule has 0 aromatic heterocycles. The number of hydrogen-bond donors (Lipinski definition) is 2. The molecule has 4 nitrogen and oxygen atoms in total. The van der Waals surface area contributed by atoms with Crippen molar-refractivity contribution in [3.63, 3.8) is 0 Å². The fourth-order valence-electron chi connectivity index (χ4n) is 1.25. The van der Waals surface area contributed by atoms with Crippen molar-refractivity contribution >= 4 is 23.5 Å². The highest BCUT2D eigenvalue weighted by Crippen LogP contribution is 2.05. The lowest BCUT2D eigenvalue weighted by Gasteiger charge is -2.11. The summed E-state index contributed by atoms with van der Waals surface area (Å²) in [6, 6.07) is 10.4. The summed E-state index contributed by atoms with van der Waals surface area (Å²) in [6.45, 7) is 0. The van der Waals surface area contributed by atoms with Gasteiger partial charge in [0.25, 0.3) is 0 Å². The van der Waals surface area contributed by atoms with Gasteiger partial charge in [-0.1, -0.05) is 18.2 Å². The second kappa shape index (κ2) is 7.58. The third-order valence-electron chi connectivity index (χ3n) is 2.10. The molecular formula is C12H15N3OS. The number of amides is 2. The molecule has 5 heteroatoms. The van der Waals surface area contributed by atoms with Gasteiger partial charge in [-0.05, 0) is 30.6 Å². The second-order valence-electron chi connectivity index (χ2n) is 3.43. The Balaban J connectivity index is 2.41. The Labute approximate surface area is 105 Å². The molecule has 0 aliphatic heterocycles. The van der Waals surface area contributed by atoms with Crippen molar-refractivity contribution in [2.24, 2.45) is 0 Å². The number of nitrogens with one attached hydrogen (secondary N) is 2. The van der Waals surface area contributed by atoms with Crippen molar-refractivity contribution < 1.29 is 4.79 Å². The number of carbonyl (C=O) groups is 1. The molecular weight excluding hydrogens is 234 g/mol. The van der Waals surface area contributed by atoms with E-state index in [0.717, 1.165) is 5.75 Å². The van der Waals surface area contributed by atoms with Crippen LogP contribution < -0.4 is 10.6 Å². The fraction of sp³-hybridized carbons (Fsp3) is 0.333. The zero-order chi connectivity index (χ0) is 12.5. The number of carbonyl (C=O) groups excluding carboxylic acids is 1. The van der Waals surface area contributed by atoms with E-state index < -0.39 is 6.04 Å². The van der Waals surface area contributed by atoms with Crippen molar-refractivity contribution in [1.29, 1.82) is 5.26 Å². The van der Waals surface area contributed by atoms with Gasteiger partial charge in [0.05, 0.1) is 6.07 Å². The lowest BCUT2D eigenvalue weighted by molar-refractivity contribution is 0.250. The van der Waals surface area contributed by atoms with Gasteiger partial charge in [-0.2, -0.15) is 17.0 Å². The summed E-state index contributed by atoms with van der Waals surface area (Å²) >= 11 is 1.65. The minimum atomic E-state index is -0.439. The molecule has 0 spiro atoms. The molecule has 1 atom stereocenters. The van der Waals surface area contributed by atoms with Crippen LogP contribution >= 0.6 is 11.8 Å². The summed E-state index contributed by atoms with van der Waals surface area (Å²) in [6.07, 6.45) is 2.62. The molecule has 0 saturated carbocycles. The van der Waals surface area contributed by atoms with Gasteiger partial charge in [0.2, 0.25) is 0 Å². The lowest BCUT2D eigenvalue weighted by atomic mass is 10.2. The minimum Gasteiger partial charge on any atom is -0.322 e. The maximum Gasteiger partial charge on any atom is 0.320 e. The maximum atomic E-state index is 11.6. The number of thioether (sulfide) groups is 1. The first-order chi connectivity index (χ1) is 8.26. The van der Waals surface area contributed by atoms with Crippen molar-refractivity contribution in [1.82, 2.24) is 5.32 Å². The van der Waals surface area contributed by atoms with Crippen molar-refractivity contribution in [3.05, 3.63) is 30.3 Å². The Kier molecular flexibility index (Phi) is 5.97. The van der Waals surface area contributed by atoms with E-state index in [1.54, 1.807) is 23.9 Å². The van der Waals surface area contributed by atoms with Crippen molar-refractivity contribution in [3.8, 4) is 6.07 Å². The van der Waals surface area contributed by atoms with Crippen LogP contribution in [0.4, 0.5) is 10.5 Å². The summed E-state index contributed by atoms with van der Waals surface area (Å²) < 4.78 is 0. The highest BCUT2D eigenvalue weighted by atomic mass is 32.2. The first-order valence-electron chi connectivity index (χ1n) is 5.27. The summed E-state index contributed by atoms with van der Waals surface area (Å²) in [5.41, 5.74) is 0.714. The first-order valence-corrected chi connectivity index (χ1v) is 6.66. The average Bonchev–Trinajstić information content (AvgIpc) is 2.35. The normalized spacial score (nSPS) is 11.3. The molecule has 2 N–H and O–H groups in total. The zero-order valence-electron chi connectivity index (χ0n) is 9.64. The van der Waals surface area contributed by atoms with E-state index in [1.807, 2.05) is 24.5 Å². The monoisotopic (exact) mass is 249 g/mol. The van der Waals surface area contributed by atoms with Gasteiger partial charge in [-0.25, -0.2) is 4.79 Å². The third-order valence-corrected chi connectivity index (χ3v) is 2.75. The predicted molar refractivity (Wildman–Crippen MR) is 71.0 cm³/mol. The Morgan fingerprint density at radius 3 is 2.76 bits per heavy atom. The van der Waals surface area contributed by atoms with Gasteiger partial charge in [0, 0.05) is 5.69 Å². The van der Waals surface area contributed by atoms with Crippen molar-refractivity contribution in [2.45, 2.75) is 12.5 Å². The second-order valence-corrected chi connectivity index (χ2v) is 4.41. The topological polar surface area (TPSA) is 64.9 Å². The standard InChI is InChI=1S/C12H15N3OS/c1-17-8-7-11(9-13)15-12(16)14-10-5-3-2-4-6-10/h2-6,11H,7-8H2,1H3,(H2,14,15,16). The number of anilines is 1.